The average molecular weight is 282 g/mol. The van der Waals surface area contributed by atoms with Gasteiger partial charge in [0.05, 0.1) is 10.5 Å². The van der Waals surface area contributed by atoms with E-state index in [1.54, 1.807) is 12.3 Å². The Morgan fingerprint density at radius 3 is 2.89 bits per heavy atom. The maximum absolute atomic E-state index is 11.2. The number of nitro groups is 1. The minimum absolute atomic E-state index is 0.00457. The standard InChI is InChI=1S/C11H14N4O3S/c1-8(19(2)18)3-4-13-11-10(15(16)17)5-9(6-12)7-14-11/h5,7-8H,3-4H2,1-2H3,(H,13,14). The van der Waals surface area contributed by atoms with Gasteiger partial charge in [-0.25, -0.2) is 4.98 Å². The van der Waals surface area contributed by atoms with Gasteiger partial charge in [-0.1, -0.05) is 6.92 Å². The van der Waals surface area contributed by atoms with Crippen molar-refractivity contribution in [1.82, 2.24) is 4.98 Å². The largest absolute Gasteiger partial charge is 0.364 e. The highest BCUT2D eigenvalue weighted by Gasteiger charge is 2.16. The Labute approximate surface area is 113 Å². The van der Waals surface area contributed by atoms with Crippen LogP contribution in [0.1, 0.15) is 18.9 Å². The normalized spacial score (nSPS) is 13.3. The van der Waals surface area contributed by atoms with E-state index in [4.69, 9.17) is 5.26 Å². The Hall–Kier alpha value is -2.01. The lowest BCUT2D eigenvalue weighted by Gasteiger charge is -2.09. The van der Waals surface area contributed by atoms with Crippen molar-refractivity contribution in [1.29, 1.82) is 5.26 Å². The first-order valence-corrected chi connectivity index (χ1v) is 7.18. The van der Waals surface area contributed by atoms with Crippen molar-refractivity contribution in [2.24, 2.45) is 0 Å². The van der Waals surface area contributed by atoms with Crippen molar-refractivity contribution in [3.05, 3.63) is 27.9 Å². The third-order valence-corrected chi connectivity index (χ3v) is 3.97. The van der Waals surface area contributed by atoms with E-state index in [-0.39, 0.29) is 22.3 Å². The topological polar surface area (TPSA) is 109 Å². The summed E-state index contributed by atoms with van der Waals surface area (Å²) >= 11 is 0. The van der Waals surface area contributed by atoms with Crippen LogP contribution in [-0.2, 0) is 10.8 Å². The highest BCUT2D eigenvalue weighted by atomic mass is 32.2. The van der Waals surface area contributed by atoms with E-state index in [1.807, 2.05) is 6.92 Å². The molecule has 1 aromatic heterocycles. The molecular formula is C11H14N4O3S. The maximum Gasteiger partial charge on any atom is 0.312 e. The minimum atomic E-state index is -0.925. The number of nitriles is 1. The molecule has 0 bridgehead atoms. The van der Waals surface area contributed by atoms with E-state index in [0.29, 0.717) is 13.0 Å². The third-order valence-electron chi connectivity index (χ3n) is 2.60. The molecule has 0 radical (unpaired) electrons. The lowest BCUT2D eigenvalue weighted by atomic mass is 10.2. The Balaban J connectivity index is 2.76. The molecule has 2 atom stereocenters. The number of nitrogens with one attached hydrogen (secondary N) is 1. The Kier molecular flexibility index (Phi) is 5.38. The fraction of sp³-hybridized carbons (Fsp3) is 0.455. The Morgan fingerprint density at radius 2 is 2.37 bits per heavy atom. The van der Waals surface area contributed by atoms with Crippen LogP contribution in [0.15, 0.2) is 12.3 Å². The van der Waals surface area contributed by atoms with Crippen molar-refractivity contribution < 1.29 is 9.13 Å². The molecule has 102 valence electrons. The van der Waals surface area contributed by atoms with E-state index >= 15 is 0 Å². The molecule has 8 heteroatoms. The number of hydrogen-bond acceptors (Lipinski definition) is 6. The molecule has 19 heavy (non-hydrogen) atoms. The fourth-order valence-corrected chi connectivity index (χ4v) is 1.80. The summed E-state index contributed by atoms with van der Waals surface area (Å²) in [6.07, 6.45) is 3.51. The van der Waals surface area contributed by atoms with E-state index < -0.39 is 15.7 Å². The second-order valence-electron chi connectivity index (χ2n) is 3.99. The zero-order valence-corrected chi connectivity index (χ0v) is 11.4. The molecule has 0 fully saturated rings. The molecule has 0 aliphatic rings. The number of anilines is 1. The molecule has 0 aliphatic carbocycles. The number of rotatable bonds is 6. The predicted molar refractivity (Wildman–Crippen MR) is 72.2 cm³/mol. The molecule has 1 N–H and O–H groups in total. The van der Waals surface area contributed by atoms with Crippen LogP contribution in [-0.4, -0.2) is 32.2 Å². The minimum Gasteiger partial charge on any atom is -0.364 e. The third kappa shape index (κ3) is 4.30. The quantitative estimate of drug-likeness (QED) is 0.624. The van der Waals surface area contributed by atoms with Crippen LogP contribution in [0, 0.1) is 21.4 Å². The first kappa shape index (κ1) is 15.0. The molecule has 0 saturated carbocycles. The van der Waals surface area contributed by atoms with Gasteiger partial charge in [0.25, 0.3) is 0 Å². The van der Waals surface area contributed by atoms with Gasteiger partial charge < -0.3 is 5.32 Å². The molecule has 7 nitrogen and oxygen atoms in total. The highest BCUT2D eigenvalue weighted by molar-refractivity contribution is 7.84. The van der Waals surface area contributed by atoms with Crippen molar-refractivity contribution in [2.75, 3.05) is 18.1 Å². The number of aromatic nitrogens is 1. The second-order valence-corrected chi connectivity index (χ2v) is 5.79. The van der Waals surface area contributed by atoms with Crippen LogP contribution in [0.25, 0.3) is 0 Å². The fourth-order valence-electron chi connectivity index (χ4n) is 1.35. The first-order chi connectivity index (χ1) is 8.95. The number of hydrogen-bond donors (Lipinski definition) is 1. The van der Waals surface area contributed by atoms with Crippen molar-refractivity contribution in [2.45, 2.75) is 18.6 Å². The molecule has 1 rings (SSSR count). The van der Waals surface area contributed by atoms with Crippen molar-refractivity contribution >= 4 is 22.3 Å². The summed E-state index contributed by atoms with van der Waals surface area (Å²) in [4.78, 5) is 14.1. The van der Waals surface area contributed by atoms with Crippen LogP contribution in [0.4, 0.5) is 11.5 Å². The summed E-state index contributed by atoms with van der Waals surface area (Å²) in [7, 11) is -0.925. The van der Waals surface area contributed by atoms with Crippen LogP contribution in [0.5, 0.6) is 0 Å². The van der Waals surface area contributed by atoms with Gasteiger partial charge in [0.15, 0.2) is 0 Å². The predicted octanol–water partition coefficient (Wildman–Crippen LogP) is 1.43. The molecule has 0 spiro atoms. The summed E-state index contributed by atoms with van der Waals surface area (Å²) in [5.74, 6) is 0.123. The van der Waals surface area contributed by atoms with E-state index in [1.165, 1.54) is 12.3 Å². The van der Waals surface area contributed by atoms with Crippen molar-refractivity contribution in [3.63, 3.8) is 0 Å². The smallest absolute Gasteiger partial charge is 0.312 e. The second kappa shape index (κ2) is 6.80. The maximum atomic E-state index is 11.2. The molecule has 1 aromatic rings. The molecule has 0 amide bonds. The zero-order valence-electron chi connectivity index (χ0n) is 10.6. The van der Waals surface area contributed by atoms with Crippen LogP contribution >= 0.6 is 0 Å². The zero-order chi connectivity index (χ0) is 14.4. The average Bonchev–Trinajstić information content (AvgIpc) is 2.38. The van der Waals surface area contributed by atoms with E-state index in [2.05, 4.69) is 10.3 Å². The molecule has 1 heterocycles. The molecule has 0 aromatic carbocycles. The lowest BCUT2D eigenvalue weighted by molar-refractivity contribution is -0.384. The van der Waals surface area contributed by atoms with Crippen molar-refractivity contribution in [3.8, 4) is 6.07 Å². The summed E-state index contributed by atoms with van der Waals surface area (Å²) in [5.41, 5.74) is -0.0930. The van der Waals surface area contributed by atoms with Crippen LogP contribution < -0.4 is 5.32 Å². The number of pyridine rings is 1. The summed E-state index contributed by atoms with van der Waals surface area (Å²) in [6, 6.07) is 2.98. The monoisotopic (exact) mass is 282 g/mol. The van der Waals surface area contributed by atoms with Gasteiger partial charge >= 0.3 is 5.69 Å². The van der Waals surface area contributed by atoms with Crippen LogP contribution in [0.3, 0.4) is 0 Å². The van der Waals surface area contributed by atoms with Gasteiger partial charge in [-0.05, 0) is 6.42 Å². The summed E-state index contributed by atoms with van der Waals surface area (Å²) in [5, 5.41) is 22.4. The molecule has 0 aliphatic heterocycles. The molecular weight excluding hydrogens is 268 g/mol. The molecule has 2 unspecified atom stereocenters. The summed E-state index contributed by atoms with van der Waals surface area (Å²) in [6.45, 7) is 2.28. The lowest BCUT2D eigenvalue weighted by Crippen LogP contribution is -2.15. The first-order valence-electron chi connectivity index (χ1n) is 5.56. The Morgan fingerprint density at radius 1 is 1.68 bits per heavy atom. The number of nitrogens with zero attached hydrogens (tertiary/aromatic N) is 3. The summed E-state index contributed by atoms with van der Waals surface area (Å²) < 4.78 is 11.2. The van der Waals surface area contributed by atoms with Gasteiger partial charge in [-0.15, -0.1) is 0 Å². The van der Waals surface area contributed by atoms with Gasteiger partial charge in [-0.2, -0.15) is 5.26 Å². The van der Waals surface area contributed by atoms with Gasteiger partial charge in [0, 0.05) is 41.1 Å². The Bertz CT molecular complexity index is 541. The van der Waals surface area contributed by atoms with E-state index in [9.17, 15) is 14.3 Å². The van der Waals surface area contributed by atoms with Gasteiger partial charge in [0.2, 0.25) is 5.82 Å². The SMILES string of the molecule is CC(CCNc1ncc(C#N)cc1[N+](=O)[O-])S(C)=O. The van der Waals surface area contributed by atoms with Crippen LogP contribution in [0.2, 0.25) is 0 Å². The molecule has 0 saturated heterocycles. The van der Waals surface area contributed by atoms with Gasteiger partial charge in [-0.3, -0.25) is 14.3 Å². The highest BCUT2D eigenvalue weighted by Crippen LogP contribution is 2.22. The van der Waals surface area contributed by atoms with Gasteiger partial charge in [0.1, 0.15) is 6.07 Å². The van der Waals surface area contributed by atoms with E-state index in [0.717, 1.165) is 0 Å².